The van der Waals surface area contributed by atoms with Gasteiger partial charge in [0.05, 0.1) is 4.88 Å². The van der Waals surface area contributed by atoms with Gasteiger partial charge in [0, 0.05) is 56.0 Å². The van der Waals surface area contributed by atoms with E-state index in [-0.39, 0.29) is 5.91 Å². The molecule has 3 heterocycles. The Balaban J connectivity index is 1.36. The molecular formula is C21H26ClN3OS. The summed E-state index contributed by atoms with van der Waals surface area (Å²) in [7, 11) is 0. The number of aryl methyl sites for hydroxylation is 1. The second-order valence-corrected chi connectivity index (χ2v) is 8.84. The Labute approximate surface area is 170 Å². The normalized spacial score (nSPS) is 21.5. The Morgan fingerprint density at radius 1 is 1.15 bits per heavy atom. The summed E-state index contributed by atoms with van der Waals surface area (Å²) in [5.74, 6) is 0.213. The molecular weight excluding hydrogens is 378 g/mol. The molecule has 0 saturated carbocycles. The summed E-state index contributed by atoms with van der Waals surface area (Å²) in [6.07, 6.45) is 2.28. The van der Waals surface area contributed by atoms with E-state index in [9.17, 15) is 4.79 Å². The fourth-order valence-corrected chi connectivity index (χ4v) is 5.27. The molecule has 1 aromatic heterocycles. The number of carbonyl (C=O) groups is 1. The lowest BCUT2D eigenvalue weighted by atomic mass is 10.0. The molecule has 1 atom stereocenters. The number of hydrogen-bond donors (Lipinski definition) is 0. The van der Waals surface area contributed by atoms with E-state index < -0.39 is 0 Å². The minimum Gasteiger partial charge on any atom is -0.369 e. The van der Waals surface area contributed by atoms with Crippen LogP contribution in [0.4, 0.5) is 5.69 Å². The summed E-state index contributed by atoms with van der Waals surface area (Å²) in [4.78, 5) is 20.8. The van der Waals surface area contributed by atoms with Gasteiger partial charge in [-0.1, -0.05) is 17.7 Å². The molecule has 0 bridgehead atoms. The zero-order valence-corrected chi connectivity index (χ0v) is 17.3. The van der Waals surface area contributed by atoms with Crippen molar-refractivity contribution in [2.75, 3.05) is 44.2 Å². The molecule has 1 aromatic carbocycles. The predicted molar refractivity (Wildman–Crippen MR) is 113 cm³/mol. The van der Waals surface area contributed by atoms with E-state index in [1.54, 1.807) is 11.3 Å². The number of piperidine rings is 1. The zero-order chi connectivity index (χ0) is 18.8. The number of benzene rings is 1. The number of nitrogens with zero attached hydrogens (tertiary/aromatic N) is 3. The van der Waals surface area contributed by atoms with Crippen molar-refractivity contribution in [1.29, 1.82) is 0 Å². The molecule has 0 unspecified atom stereocenters. The van der Waals surface area contributed by atoms with Crippen molar-refractivity contribution in [3.8, 4) is 0 Å². The van der Waals surface area contributed by atoms with Crippen LogP contribution in [0.25, 0.3) is 0 Å². The topological polar surface area (TPSA) is 26.8 Å². The first-order valence-electron chi connectivity index (χ1n) is 9.70. The van der Waals surface area contributed by atoms with Crippen LogP contribution in [0.2, 0.25) is 5.02 Å². The summed E-state index contributed by atoms with van der Waals surface area (Å²) >= 11 is 7.70. The Morgan fingerprint density at radius 2 is 1.96 bits per heavy atom. The second-order valence-electron chi connectivity index (χ2n) is 7.48. The van der Waals surface area contributed by atoms with Gasteiger partial charge in [0.2, 0.25) is 0 Å². The largest absolute Gasteiger partial charge is 0.369 e. The lowest BCUT2D eigenvalue weighted by molar-refractivity contribution is 0.0567. The highest BCUT2D eigenvalue weighted by Crippen LogP contribution is 2.25. The van der Waals surface area contributed by atoms with Gasteiger partial charge in [-0.2, -0.15) is 0 Å². The Morgan fingerprint density at radius 3 is 2.67 bits per heavy atom. The van der Waals surface area contributed by atoms with E-state index in [2.05, 4.69) is 20.8 Å². The average molecular weight is 404 g/mol. The standard InChI is InChI=1S/C21H26ClN3OS/c1-16-7-13-27-20(16)21(26)25-8-3-6-19(15-25)24-11-9-23(10-12-24)18-5-2-4-17(22)14-18/h2,4-5,7,13-14,19H,3,6,8-12,15H2,1H3/t19-/m1/s1. The molecule has 2 aromatic rings. The Kier molecular flexibility index (Phi) is 5.71. The van der Waals surface area contributed by atoms with Crippen molar-refractivity contribution in [1.82, 2.24) is 9.80 Å². The third kappa shape index (κ3) is 4.15. The Bertz CT molecular complexity index is 800. The van der Waals surface area contributed by atoms with Gasteiger partial charge in [-0.25, -0.2) is 0 Å². The van der Waals surface area contributed by atoms with Gasteiger partial charge in [-0.3, -0.25) is 9.69 Å². The molecule has 4 nitrogen and oxygen atoms in total. The molecule has 2 aliphatic rings. The minimum absolute atomic E-state index is 0.213. The molecule has 0 aliphatic carbocycles. The lowest BCUT2D eigenvalue weighted by Crippen LogP contribution is -2.55. The maximum absolute atomic E-state index is 12.9. The first kappa shape index (κ1) is 18.8. The number of carbonyl (C=O) groups excluding carboxylic acids is 1. The summed E-state index contributed by atoms with van der Waals surface area (Å²) in [5, 5.41) is 2.80. The maximum atomic E-state index is 12.9. The van der Waals surface area contributed by atoms with Gasteiger partial charge in [0.1, 0.15) is 0 Å². The van der Waals surface area contributed by atoms with Gasteiger partial charge in [-0.15, -0.1) is 11.3 Å². The molecule has 2 saturated heterocycles. The molecule has 0 spiro atoms. The summed E-state index contributed by atoms with van der Waals surface area (Å²) in [5.41, 5.74) is 2.30. The number of likely N-dealkylation sites (tertiary alicyclic amines) is 1. The van der Waals surface area contributed by atoms with Crippen LogP contribution >= 0.6 is 22.9 Å². The first-order chi connectivity index (χ1) is 13.1. The van der Waals surface area contributed by atoms with Gasteiger partial charge in [0.15, 0.2) is 0 Å². The molecule has 0 radical (unpaired) electrons. The molecule has 2 aliphatic heterocycles. The third-order valence-electron chi connectivity index (χ3n) is 5.74. The number of anilines is 1. The van der Waals surface area contributed by atoms with E-state index in [1.807, 2.05) is 36.6 Å². The fraction of sp³-hybridized carbons (Fsp3) is 0.476. The van der Waals surface area contributed by atoms with Crippen molar-refractivity contribution in [3.05, 3.63) is 51.2 Å². The van der Waals surface area contributed by atoms with Crippen molar-refractivity contribution in [2.24, 2.45) is 0 Å². The fourth-order valence-electron chi connectivity index (χ4n) is 4.19. The minimum atomic E-state index is 0.213. The highest BCUT2D eigenvalue weighted by molar-refractivity contribution is 7.12. The number of rotatable bonds is 3. The van der Waals surface area contributed by atoms with Crippen LogP contribution in [0.1, 0.15) is 28.1 Å². The van der Waals surface area contributed by atoms with Crippen molar-refractivity contribution < 1.29 is 4.79 Å². The number of piperazine rings is 1. The molecule has 0 N–H and O–H groups in total. The highest BCUT2D eigenvalue weighted by atomic mass is 35.5. The van der Waals surface area contributed by atoms with Crippen LogP contribution in [0, 0.1) is 6.92 Å². The van der Waals surface area contributed by atoms with Crippen LogP contribution in [-0.4, -0.2) is 61.0 Å². The van der Waals surface area contributed by atoms with E-state index in [4.69, 9.17) is 11.6 Å². The van der Waals surface area contributed by atoms with E-state index >= 15 is 0 Å². The summed E-state index contributed by atoms with van der Waals surface area (Å²) in [6.45, 7) is 7.86. The predicted octanol–water partition coefficient (Wildman–Crippen LogP) is 4.14. The molecule has 144 valence electrons. The molecule has 6 heteroatoms. The number of halogens is 1. The van der Waals surface area contributed by atoms with Crippen molar-refractivity contribution >= 4 is 34.5 Å². The van der Waals surface area contributed by atoms with Crippen LogP contribution in [-0.2, 0) is 0 Å². The van der Waals surface area contributed by atoms with Crippen molar-refractivity contribution in [3.63, 3.8) is 0 Å². The van der Waals surface area contributed by atoms with Crippen LogP contribution < -0.4 is 4.90 Å². The molecule has 1 amide bonds. The van der Waals surface area contributed by atoms with Gasteiger partial charge in [-0.05, 0) is 55.0 Å². The van der Waals surface area contributed by atoms with Crippen LogP contribution in [0.5, 0.6) is 0 Å². The van der Waals surface area contributed by atoms with Gasteiger partial charge < -0.3 is 9.80 Å². The zero-order valence-electron chi connectivity index (χ0n) is 15.7. The quantitative estimate of drug-likeness (QED) is 0.770. The Hall–Kier alpha value is -1.56. The maximum Gasteiger partial charge on any atom is 0.264 e. The third-order valence-corrected chi connectivity index (χ3v) is 6.98. The number of hydrogen-bond acceptors (Lipinski definition) is 4. The SMILES string of the molecule is Cc1ccsc1C(=O)N1CCC[C@@H](N2CCN(c3cccc(Cl)c3)CC2)C1. The molecule has 27 heavy (non-hydrogen) atoms. The van der Waals surface area contributed by atoms with E-state index in [0.29, 0.717) is 6.04 Å². The smallest absolute Gasteiger partial charge is 0.264 e. The summed E-state index contributed by atoms with van der Waals surface area (Å²) in [6, 6.07) is 10.6. The monoisotopic (exact) mass is 403 g/mol. The van der Waals surface area contributed by atoms with Crippen molar-refractivity contribution in [2.45, 2.75) is 25.8 Å². The van der Waals surface area contributed by atoms with Gasteiger partial charge >= 0.3 is 0 Å². The first-order valence-corrected chi connectivity index (χ1v) is 11.0. The van der Waals surface area contributed by atoms with E-state index in [0.717, 1.165) is 61.2 Å². The lowest BCUT2D eigenvalue weighted by Gasteiger charge is -2.44. The van der Waals surface area contributed by atoms with E-state index in [1.165, 1.54) is 12.1 Å². The highest BCUT2D eigenvalue weighted by Gasteiger charge is 2.31. The van der Waals surface area contributed by atoms with Crippen LogP contribution in [0.3, 0.4) is 0 Å². The summed E-state index contributed by atoms with van der Waals surface area (Å²) < 4.78 is 0. The second kappa shape index (κ2) is 8.21. The number of thiophene rings is 1. The van der Waals surface area contributed by atoms with Gasteiger partial charge in [0.25, 0.3) is 5.91 Å². The molecule has 4 rings (SSSR count). The number of amides is 1. The average Bonchev–Trinajstić information content (AvgIpc) is 3.13. The molecule has 2 fully saturated rings. The van der Waals surface area contributed by atoms with Crippen LogP contribution in [0.15, 0.2) is 35.7 Å².